The number of para-hydroxylation sites is 1. The smallest absolute Gasteiger partial charge is 0.253 e. The van der Waals surface area contributed by atoms with Crippen LogP contribution >= 0.6 is 0 Å². The van der Waals surface area contributed by atoms with E-state index in [9.17, 15) is 9.59 Å². The van der Waals surface area contributed by atoms with Crippen LogP contribution in [-0.4, -0.2) is 50.2 Å². The molecule has 0 saturated carbocycles. The fourth-order valence-corrected chi connectivity index (χ4v) is 3.97. The lowest BCUT2D eigenvalue weighted by Crippen LogP contribution is -2.45. The van der Waals surface area contributed by atoms with Crippen molar-refractivity contribution in [1.29, 1.82) is 0 Å². The van der Waals surface area contributed by atoms with Crippen LogP contribution in [0.25, 0.3) is 0 Å². The van der Waals surface area contributed by atoms with Crippen molar-refractivity contribution in [3.05, 3.63) is 29.8 Å². The van der Waals surface area contributed by atoms with Gasteiger partial charge in [0.05, 0.1) is 11.7 Å². The van der Waals surface area contributed by atoms with E-state index in [1.807, 2.05) is 24.3 Å². The Bertz CT molecular complexity index is 663. The Hall–Kier alpha value is -2.08. The Labute approximate surface area is 168 Å². The molecule has 3 rings (SSSR count). The molecule has 2 saturated heterocycles. The Morgan fingerprint density at radius 1 is 1.18 bits per heavy atom. The van der Waals surface area contributed by atoms with Crippen LogP contribution in [0.4, 0.5) is 5.69 Å². The van der Waals surface area contributed by atoms with E-state index in [1.54, 1.807) is 0 Å². The molecular formula is C22H33N3O3. The van der Waals surface area contributed by atoms with Crippen LogP contribution in [-0.2, 0) is 9.53 Å². The molecule has 0 unspecified atom stereocenters. The molecule has 2 amide bonds. The number of anilines is 1. The number of rotatable bonds is 7. The second kappa shape index (κ2) is 9.92. The maximum atomic E-state index is 12.7. The van der Waals surface area contributed by atoms with Crippen LogP contribution in [0.1, 0.15) is 56.3 Å². The molecule has 0 aliphatic carbocycles. The number of hydrogen-bond donors (Lipinski definition) is 2. The number of carbonyl (C=O) groups excluding carboxylic acids is 2. The normalized spacial score (nSPS) is 20.4. The standard InChI is InChI=1S/C22H33N3O3/c1-16(2)14-21(26)24-17-9-11-25(12-10-17)20-8-4-3-7-19(20)22(27)23-15-18-6-5-13-28-18/h3-4,7-8,16-18H,5-6,9-15H2,1-2H3,(H,23,27)(H,24,26)/t18-/m0/s1. The highest BCUT2D eigenvalue weighted by Crippen LogP contribution is 2.24. The molecule has 0 radical (unpaired) electrons. The van der Waals surface area contributed by atoms with Crippen LogP contribution in [0.2, 0.25) is 0 Å². The lowest BCUT2D eigenvalue weighted by molar-refractivity contribution is -0.122. The molecule has 0 bridgehead atoms. The summed E-state index contributed by atoms with van der Waals surface area (Å²) in [6.07, 6.45) is 4.60. The summed E-state index contributed by atoms with van der Waals surface area (Å²) in [7, 11) is 0. The summed E-state index contributed by atoms with van der Waals surface area (Å²) in [5.74, 6) is 0.473. The third-order valence-corrected chi connectivity index (χ3v) is 5.46. The van der Waals surface area contributed by atoms with Crippen LogP contribution < -0.4 is 15.5 Å². The summed E-state index contributed by atoms with van der Waals surface area (Å²) in [6, 6.07) is 8.00. The maximum Gasteiger partial charge on any atom is 0.253 e. The minimum Gasteiger partial charge on any atom is -0.376 e. The maximum absolute atomic E-state index is 12.7. The lowest BCUT2D eigenvalue weighted by atomic mass is 10.0. The molecule has 1 aromatic rings. The van der Waals surface area contributed by atoms with Crippen LogP contribution in [0, 0.1) is 5.92 Å². The number of piperidine rings is 1. The van der Waals surface area contributed by atoms with Crippen molar-refractivity contribution in [2.45, 2.75) is 58.1 Å². The quantitative estimate of drug-likeness (QED) is 0.755. The lowest BCUT2D eigenvalue weighted by Gasteiger charge is -2.35. The largest absolute Gasteiger partial charge is 0.376 e. The van der Waals surface area contributed by atoms with Gasteiger partial charge in [-0.3, -0.25) is 9.59 Å². The highest BCUT2D eigenvalue weighted by Gasteiger charge is 2.24. The molecule has 6 nitrogen and oxygen atoms in total. The summed E-state index contributed by atoms with van der Waals surface area (Å²) in [5, 5.41) is 6.18. The molecule has 2 aliphatic heterocycles. The minimum atomic E-state index is -0.0431. The topological polar surface area (TPSA) is 70.7 Å². The van der Waals surface area contributed by atoms with Crippen LogP contribution in [0.5, 0.6) is 0 Å². The van der Waals surface area contributed by atoms with E-state index in [-0.39, 0.29) is 24.0 Å². The summed E-state index contributed by atoms with van der Waals surface area (Å²) in [5.41, 5.74) is 1.68. The molecule has 0 spiro atoms. The van der Waals surface area contributed by atoms with Gasteiger partial charge in [-0.2, -0.15) is 0 Å². The molecule has 2 N–H and O–H groups in total. The van der Waals surface area contributed by atoms with Gasteiger partial charge in [0.25, 0.3) is 5.91 Å². The fraction of sp³-hybridized carbons (Fsp3) is 0.636. The number of hydrogen-bond acceptors (Lipinski definition) is 4. The number of carbonyl (C=O) groups is 2. The van der Waals surface area contributed by atoms with Gasteiger partial charge in [0, 0.05) is 44.4 Å². The van der Waals surface area contributed by atoms with Crippen LogP contribution in [0.3, 0.4) is 0 Å². The average molecular weight is 388 g/mol. The summed E-state index contributed by atoms with van der Waals surface area (Å²) in [6.45, 7) is 7.15. The molecule has 2 heterocycles. The zero-order chi connectivity index (χ0) is 19.9. The highest BCUT2D eigenvalue weighted by molar-refractivity contribution is 5.99. The predicted octanol–water partition coefficient (Wildman–Crippen LogP) is 2.73. The van der Waals surface area contributed by atoms with Crippen molar-refractivity contribution in [1.82, 2.24) is 10.6 Å². The van der Waals surface area contributed by atoms with Crippen molar-refractivity contribution in [3.8, 4) is 0 Å². The first-order valence-corrected chi connectivity index (χ1v) is 10.6. The number of nitrogens with zero attached hydrogens (tertiary/aromatic N) is 1. The zero-order valence-electron chi connectivity index (χ0n) is 17.1. The number of amides is 2. The van der Waals surface area contributed by atoms with Gasteiger partial charge in [-0.05, 0) is 43.7 Å². The monoisotopic (exact) mass is 387 g/mol. The first kappa shape index (κ1) is 20.6. The van der Waals surface area contributed by atoms with E-state index < -0.39 is 0 Å². The summed E-state index contributed by atoms with van der Waals surface area (Å²) in [4.78, 5) is 27.0. The molecular weight excluding hydrogens is 354 g/mol. The molecule has 1 atom stereocenters. The first-order valence-electron chi connectivity index (χ1n) is 10.6. The van der Waals surface area contributed by atoms with E-state index in [1.165, 1.54) is 0 Å². The predicted molar refractivity (Wildman–Crippen MR) is 111 cm³/mol. The Kier molecular flexibility index (Phi) is 7.31. The molecule has 28 heavy (non-hydrogen) atoms. The number of ether oxygens (including phenoxy) is 1. The van der Waals surface area contributed by atoms with Gasteiger partial charge in [-0.15, -0.1) is 0 Å². The Morgan fingerprint density at radius 2 is 1.93 bits per heavy atom. The SMILES string of the molecule is CC(C)CC(=O)NC1CCN(c2ccccc2C(=O)NC[C@@H]2CCCO2)CC1. The van der Waals surface area contributed by atoms with Crippen molar-refractivity contribution in [3.63, 3.8) is 0 Å². The van der Waals surface area contributed by atoms with E-state index >= 15 is 0 Å². The third kappa shape index (κ3) is 5.71. The molecule has 2 aliphatic rings. The van der Waals surface area contributed by atoms with Crippen molar-refractivity contribution in [2.24, 2.45) is 5.92 Å². The minimum absolute atomic E-state index is 0.0431. The Balaban J connectivity index is 1.54. The number of nitrogens with one attached hydrogen (secondary N) is 2. The molecule has 154 valence electrons. The van der Waals surface area contributed by atoms with Gasteiger partial charge >= 0.3 is 0 Å². The van der Waals surface area contributed by atoms with Crippen LogP contribution in [0.15, 0.2) is 24.3 Å². The highest BCUT2D eigenvalue weighted by atomic mass is 16.5. The van der Waals surface area contributed by atoms with Gasteiger partial charge < -0.3 is 20.3 Å². The number of benzene rings is 1. The molecule has 0 aromatic heterocycles. The van der Waals surface area contributed by atoms with Gasteiger partial charge in [0.1, 0.15) is 0 Å². The zero-order valence-corrected chi connectivity index (χ0v) is 17.1. The van der Waals surface area contributed by atoms with Gasteiger partial charge in [-0.25, -0.2) is 0 Å². The van der Waals surface area contributed by atoms with E-state index in [2.05, 4.69) is 29.4 Å². The second-order valence-corrected chi connectivity index (χ2v) is 8.29. The Morgan fingerprint density at radius 3 is 2.61 bits per heavy atom. The molecule has 1 aromatic carbocycles. The van der Waals surface area contributed by atoms with E-state index in [0.29, 0.717) is 24.4 Å². The average Bonchev–Trinajstić information content (AvgIpc) is 3.20. The molecule has 2 fully saturated rings. The van der Waals surface area contributed by atoms with Gasteiger partial charge in [0.2, 0.25) is 5.91 Å². The third-order valence-electron chi connectivity index (χ3n) is 5.46. The fourth-order valence-electron chi connectivity index (χ4n) is 3.97. The molecule has 6 heteroatoms. The van der Waals surface area contributed by atoms with Gasteiger partial charge in [-0.1, -0.05) is 26.0 Å². The van der Waals surface area contributed by atoms with Crippen molar-refractivity contribution < 1.29 is 14.3 Å². The van der Waals surface area contributed by atoms with Gasteiger partial charge in [0.15, 0.2) is 0 Å². The van der Waals surface area contributed by atoms with Crippen molar-refractivity contribution in [2.75, 3.05) is 31.1 Å². The summed E-state index contributed by atoms with van der Waals surface area (Å²) >= 11 is 0. The van der Waals surface area contributed by atoms with E-state index in [0.717, 1.165) is 51.1 Å². The first-order chi connectivity index (χ1) is 13.5. The second-order valence-electron chi connectivity index (χ2n) is 8.29. The van der Waals surface area contributed by atoms with E-state index in [4.69, 9.17) is 4.74 Å². The summed E-state index contributed by atoms with van der Waals surface area (Å²) < 4.78 is 5.59. The van der Waals surface area contributed by atoms with Crippen molar-refractivity contribution >= 4 is 17.5 Å².